The normalized spacial score (nSPS) is 12.6. The quantitative estimate of drug-likeness (QED) is 0.0652. The summed E-state index contributed by atoms with van der Waals surface area (Å²) in [6.45, 7) is 4.04. The Balaban J connectivity index is -0.000000493. The van der Waals surface area contributed by atoms with Gasteiger partial charge in [-0.3, -0.25) is 29.4 Å². The van der Waals surface area contributed by atoms with Crippen LogP contribution in [0.1, 0.15) is 38.7 Å². The fraction of sp³-hybridized carbons (Fsp3) is 0.500. The van der Waals surface area contributed by atoms with E-state index in [0.717, 1.165) is 5.56 Å². The fourth-order valence-electron chi connectivity index (χ4n) is 2.20. The summed E-state index contributed by atoms with van der Waals surface area (Å²) < 4.78 is 0. The Labute approximate surface area is 242 Å². The maximum atomic E-state index is 10.4. The van der Waals surface area contributed by atoms with Gasteiger partial charge in [0.15, 0.2) is 5.96 Å². The number of hydrogen-bond acceptors (Lipinski definition) is 11. The zero-order valence-corrected chi connectivity index (χ0v) is 23.3. The third-order valence-corrected chi connectivity index (χ3v) is 4.75. The van der Waals surface area contributed by atoms with Gasteiger partial charge in [-0.2, -0.15) is 0 Å². The zero-order chi connectivity index (χ0) is 33.6. The Morgan fingerprint density at radius 1 is 0.786 bits per heavy atom. The third-order valence-electron chi connectivity index (χ3n) is 4.75. The number of phenols is 1. The minimum atomic E-state index is -1.29. The van der Waals surface area contributed by atoms with Crippen LogP contribution in [0, 0.1) is 11.3 Å². The zero-order valence-electron chi connectivity index (χ0n) is 23.3. The van der Waals surface area contributed by atoms with E-state index in [0.29, 0.717) is 19.4 Å². The van der Waals surface area contributed by atoms with E-state index in [4.69, 9.17) is 64.7 Å². The van der Waals surface area contributed by atoms with Crippen molar-refractivity contribution in [1.82, 2.24) is 5.32 Å². The molecule has 4 atom stereocenters. The van der Waals surface area contributed by atoms with E-state index in [2.05, 4.69) is 5.32 Å². The Hall–Kier alpha value is -4.52. The van der Waals surface area contributed by atoms with Crippen LogP contribution >= 0.6 is 0 Å². The summed E-state index contributed by atoms with van der Waals surface area (Å²) in [5.74, 6) is -5.38. The second-order valence-corrected chi connectivity index (χ2v) is 8.89. The minimum absolute atomic E-state index is 0.0208. The average Bonchev–Trinajstić information content (AvgIpc) is 2.87. The number of carboxylic acid groups (broad SMARTS) is 5. The summed E-state index contributed by atoms with van der Waals surface area (Å²) in [6.07, 6.45) is 0.716. The number of phenolic OH excluding ortho intramolecular Hbond substituents is 1. The van der Waals surface area contributed by atoms with Gasteiger partial charge in [0.05, 0.1) is 6.42 Å². The molecule has 1 aromatic carbocycles. The second-order valence-electron chi connectivity index (χ2n) is 8.89. The van der Waals surface area contributed by atoms with Crippen LogP contribution in [-0.4, -0.2) is 97.2 Å². The van der Waals surface area contributed by atoms with Gasteiger partial charge in [-0.15, -0.1) is 0 Å². The molecule has 0 aliphatic carbocycles. The van der Waals surface area contributed by atoms with Crippen molar-refractivity contribution in [1.29, 1.82) is 5.41 Å². The lowest BCUT2D eigenvalue weighted by molar-refractivity contribution is -0.144. The van der Waals surface area contributed by atoms with Gasteiger partial charge in [-0.25, -0.2) is 0 Å². The molecule has 0 saturated heterocycles. The first-order valence-electron chi connectivity index (χ1n) is 12.2. The van der Waals surface area contributed by atoms with Gasteiger partial charge in [-0.1, -0.05) is 26.0 Å². The van der Waals surface area contributed by atoms with Gasteiger partial charge < -0.3 is 64.6 Å². The summed E-state index contributed by atoms with van der Waals surface area (Å²) in [5.41, 5.74) is 26.3. The number of nitrogens with one attached hydrogen (secondary N) is 2. The lowest BCUT2D eigenvalue weighted by Crippen LogP contribution is -2.34. The predicted molar refractivity (Wildman–Crippen MR) is 150 cm³/mol. The first-order valence-corrected chi connectivity index (χ1v) is 12.2. The molecule has 18 N–H and O–H groups in total. The number of carboxylic acids is 5. The highest BCUT2D eigenvalue weighted by molar-refractivity contribution is 5.80. The van der Waals surface area contributed by atoms with Crippen molar-refractivity contribution in [3.8, 4) is 5.75 Å². The number of carbonyl (C=O) groups is 5. The van der Waals surface area contributed by atoms with E-state index in [-0.39, 0.29) is 24.0 Å². The maximum absolute atomic E-state index is 10.4. The van der Waals surface area contributed by atoms with Crippen LogP contribution in [0.5, 0.6) is 5.75 Å². The SMILES string of the molecule is CC(C)C(N)C(=O)O.N=C(N)NCCCC(N)C(=O)O.NC(CC(=O)O)C(=O)O.NC(Cc1ccc(O)cc1)C(=O)O. The highest BCUT2D eigenvalue weighted by Gasteiger charge is 2.15. The van der Waals surface area contributed by atoms with E-state index in [1.165, 1.54) is 12.1 Å². The molecule has 0 aliphatic rings. The molecular formula is C24H43N7O11. The predicted octanol–water partition coefficient (Wildman–Crippen LogP) is -2.06. The number of benzene rings is 1. The average molecular weight is 606 g/mol. The van der Waals surface area contributed by atoms with Crippen molar-refractivity contribution in [3.05, 3.63) is 29.8 Å². The lowest BCUT2D eigenvalue weighted by atomic mass is 10.1. The van der Waals surface area contributed by atoms with Crippen molar-refractivity contribution in [2.75, 3.05) is 6.54 Å². The van der Waals surface area contributed by atoms with Crippen molar-refractivity contribution in [2.24, 2.45) is 34.6 Å². The Morgan fingerprint density at radius 3 is 1.52 bits per heavy atom. The van der Waals surface area contributed by atoms with Gasteiger partial charge >= 0.3 is 29.8 Å². The number of aromatic hydroxyl groups is 1. The number of nitrogens with two attached hydrogens (primary N) is 5. The molecule has 0 bridgehead atoms. The van der Waals surface area contributed by atoms with Gasteiger partial charge in [-0.05, 0) is 42.9 Å². The summed E-state index contributed by atoms with van der Waals surface area (Å²) in [5, 5.41) is 59.4. The van der Waals surface area contributed by atoms with Gasteiger partial charge in [0.1, 0.15) is 29.9 Å². The largest absolute Gasteiger partial charge is 0.508 e. The number of rotatable bonds is 13. The minimum Gasteiger partial charge on any atom is -0.508 e. The molecule has 42 heavy (non-hydrogen) atoms. The Kier molecular flexibility index (Phi) is 23.2. The van der Waals surface area contributed by atoms with Crippen molar-refractivity contribution >= 4 is 35.8 Å². The van der Waals surface area contributed by atoms with E-state index >= 15 is 0 Å². The van der Waals surface area contributed by atoms with Gasteiger partial charge in [0.2, 0.25) is 0 Å². The molecule has 18 heteroatoms. The van der Waals surface area contributed by atoms with E-state index in [1.807, 2.05) is 0 Å². The van der Waals surface area contributed by atoms with Crippen molar-refractivity contribution < 1.29 is 54.6 Å². The molecule has 4 unspecified atom stereocenters. The summed E-state index contributed by atoms with van der Waals surface area (Å²) in [7, 11) is 0. The van der Waals surface area contributed by atoms with E-state index < -0.39 is 60.4 Å². The highest BCUT2D eigenvalue weighted by Crippen LogP contribution is 2.10. The number of aliphatic carboxylic acids is 5. The van der Waals surface area contributed by atoms with Gasteiger partial charge in [0, 0.05) is 6.54 Å². The molecule has 240 valence electrons. The third kappa shape index (κ3) is 25.7. The molecule has 0 radical (unpaired) electrons. The van der Waals surface area contributed by atoms with Crippen LogP contribution in [0.2, 0.25) is 0 Å². The molecule has 18 nitrogen and oxygen atoms in total. The smallest absolute Gasteiger partial charge is 0.321 e. The van der Waals surface area contributed by atoms with Crippen LogP contribution in [0.3, 0.4) is 0 Å². The van der Waals surface area contributed by atoms with Crippen molar-refractivity contribution in [3.63, 3.8) is 0 Å². The molecule has 0 aromatic heterocycles. The molecule has 0 saturated carbocycles. The topological polar surface area (TPSA) is 373 Å². The van der Waals surface area contributed by atoms with E-state index in [9.17, 15) is 24.0 Å². The van der Waals surface area contributed by atoms with Crippen LogP contribution in [-0.2, 0) is 30.4 Å². The molecule has 0 aliphatic heterocycles. The van der Waals surface area contributed by atoms with E-state index in [1.54, 1.807) is 26.0 Å². The number of guanidine groups is 1. The molecular weight excluding hydrogens is 562 g/mol. The lowest BCUT2D eigenvalue weighted by Gasteiger charge is -2.07. The standard InChI is InChI=1S/C9H11NO3.C6H14N4O2.C5H11NO2.C4H7NO4/c10-8(9(12)13)5-6-1-3-7(11)4-2-6;7-4(5(11)12)2-1-3-10-6(8)9;1-3(2)4(6)5(7)8;5-2(4(8)9)1-3(6)7/h1-4,8,11H,5,10H2,(H,12,13);4H,1-3,7H2,(H,11,12)(H4,8,9,10);3-4H,6H2,1-2H3,(H,7,8);2H,1,5H2,(H,6,7)(H,8,9). The Bertz CT molecular complexity index is 991. The molecule has 1 aromatic rings. The van der Waals surface area contributed by atoms with Crippen LogP contribution < -0.4 is 34.0 Å². The second kappa shape index (κ2) is 23.2. The summed E-state index contributed by atoms with van der Waals surface area (Å²) in [6, 6.07) is 2.60. The molecule has 0 amide bonds. The number of hydrogen-bond donors (Lipinski definition) is 13. The molecule has 1 rings (SSSR count). The molecule has 0 heterocycles. The molecule has 0 spiro atoms. The highest BCUT2D eigenvalue weighted by atomic mass is 16.4. The molecule has 0 fully saturated rings. The first kappa shape index (κ1) is 42.0. The van der Waals surface area contributed by atoms with Crippen LogP contribution in [0.25, 0.3) is 0 Å². The van der Waals surface area contributed by atoms with Gasteiger partial charge in [0.25, 0.3) is 0 Å². The first-order chi connectivity index (χ1) is 19.2. The monoisotopic (exact) mass is 605 g/mol. The van der Waals surface area contributed by atoms with Crippen LogP contribution in [0.15, 0.2) is 24.3 Å². The van der Waals surface area contributed by atoms with Crippen LogP contribution in [0.4, 0.5) is 0 Å². The Morgan fingerprint density at radius 2 is 1.24 bits per heavy atom. The maximum Gasteiger partial charge on any atom is 0.321 e. The van der Waals surface area contributed by atoms with Crippen molar-refractivity contribution in [2.45, 2.75) is 63.7 Å². The summed E-state index contributed by atoms with van der Waals surface area (Å²) >= 11 is 0. The summed E-state index contributed by atoms with van der Waals surface area (Å²) in [4.78, 5) is 50.2. The fourth-order valence-corrected chi connectivity index (χ4v) is 2.20.